The van der Waals surface area contributed by atoms with Crippen LogP contribution in [0.2, 0.25) is 0 Å². The number of nitrogens with zero attached hydrogens (tertiary/aromatic N) is 3. The van der Waals surface area contributed by atoms with Crippen molar-refractivity contribution in [1.29, 1.82) is 0 Å². The lowest BCUT2D eigenvalue weighted by atomic mass is 10.1. The van der Waals surface area contributed by atoms with Gasteiger partial charge < -0.3 is 15.0 Å². The van der Waals surface area contributed by atoms with Crippen LogP contribution < -0.4 is 5.32 Å². The molecule has 0 aliphatic carbocycles. The van der Waals surface area contributed by atoms with Gasteiger partial charge in [0, 0.05) is 44.1 Å². The zero-order valence-electron chi connectivity index (χ0n) is 18.0. The van der Waals surface area contributed by atoms with Crippen LogP contribution in [0.3, 0.4) is 0 Å². The van der Waals surface area contributed by atoms with Crippen LogP contribution in [0.15, 0.2) is 41.8 Å². The van der Waals surface area contributed by atoms with Crippen LogP contribution in [0.5, 0.6) is 0 Å². The summed E-state index contributed by atoms with van der Waals surface area (Å²) in [6.07, 6.45) is 0. The molecular formula is C23H29FN4O3S. The van der Waals surface area contributed by atoms with Crippen molar-refractivity contribution in [1.82, 2.24) is 20.0 Å². The number of rotatable bonds is 7. The van der Waals surface area contributed by atoms with E-state index in [0.29, 0.717) is 39.4 Å². The smallest absolute Gasteiger partial charge is 0.236 e. The van der Waals surface area contributed by atoms with Gasteiger partial charge in [-0.25, -0.2) is 4.39 Å². The molecule has 0 bridgehead atoms. The van der Waals surface area contributed by atoms with Gasteiger partial charge in [0.05, 0.1) is 32.3 Å². The molecule has 0 saturated carbocycles. The number of nitrogens with one attached hydrogen (secondary N) is 1. The number of benzene rings is 1. The van der Waals surface area contributed by atoms with Gasteiger partial charge in [-0.05, 0) is 29.1 Å². The molecule has 2 saturated heterocycles. The van der Waals surface area contributed by atoms with Gasteiger partial charge in [0.2, 0.25) is 11.8 Å². The van der Waals surface area contributed by atoms with Crippen LogP contribution in [0.1, 0.15) is 16.5 Å². The molecule has 2 amide bonds. The number of ether oxygens (including phenoxy) is 1. The summed E-state index contributed by atoms with van der Waals surface area (Å²) in [4.78, 5) is 32.4. The summed E-state index contributed by atoms with van der Waals surface area (Å²) < 4.78 is 18.7. The highest BCUT2D eigenvalue weighted by Crippen LogP contribution is 2.26. The molecular weight excluding hydrogens is 431 g/mol. The Labute approximate surface area is 191 Å². The number of carbonyl (C=O) groups excluding carboxylic acids is 2. The maximum Gasteiger partial charge on any atom is 0.236 e. The SMILES string of the molecule is O=C(CN1CCN(CC(=O)N2CCOCC2)CC1)N[C@@H](c1ccc(F)cc1)c1cccs1. The van der Waals surface area contributed by atoms with Gasteiger partial charge in [-0.15, -0.1) is 11.3 Å². The van der Waals surface area contributed by atoms with Gasteiger partial charge in [-0.1, -0.05) is 18.2 Å². The lowest BCUT2D eigenvalue weighted by molar-refractivity contribution is -0.137. The molecule has 9 heteroatoms. The van der Waals surface area contributed by atoms with Crippen molar-refractivity contribution in [2.75, 3.05) is 65.6 Å². The Morgan fingerprint density at radius 2 is 1.62 bits per heavy atom. The Balaban J connectivity index is 1.26. The molecule has 1 aromatic heterocycles. The first-order valence-electron chi connectivity index (χ1n) is 11.0. The van der Waals surface area contributed by atoms with Gasteiger partial charge in [-0.3, -0.25) is 19.4 Å². The highest BCUT2D eigenvalue weighted by atomic mass is 32.1. The lowest BCUT2D eigenvalue weighted by Crippen LogP contribution is -2.53. The van der Waals surface area contributed by atoms with Gasteiger partial charge >= 0.3 is 0 Å². The minimum absolute atomic E-state index is 0.0643. The molecule has 4 rings (SSSR count). The molecule has 3 heterocycles. The predicted molar refractivity (Wildman–Crippen MR) is 121 cm³/mol. The van der Waals surface area contributed by atoms with Gasteiger partial charge in [0.1, 0.15) is 5.82 Å². The topological polar surface area (TPSA) is 65.1 Å². The summed E-state index contributed by atoms with van der Waals surface area (Å²) in [6, 6.07) is 9.88. The molecule has 1 aromatic carbocycles. The molecule has 2 aliphatic heterocycles. The number of hydrogen-bond acceptors (Lipinski definition) is 6. The van der Waals surface area contributed by atoms with Crippen molar-refractivity contribution in [2.24, 2.45) is 0 Å². The van der Waals surface area contributed by atoms with E-state index in [4.69, 9.17) is 4.74 Å². The van der Waals surface area contributed by atoms with E-state index in [2.05, 4.69) is 15.1 Å². The molecule has 0 radical (unpaired) electrons. The maximum absolute atomic E-state index is 13.4. The summed E-state index contributed by atoms with van der Waals surface area (Å²) in [6.45, 7) is 6.27. The number of amides is 2. The molecule has 2 aliphatic rings. The Hall–Kier alpha value is -2.33. The van der Waals surface area contributed by atoms with Crippen LogP contribution in [0.4, 0.5) is 4.39 Å². The van der Waals surface area contributed by atoms with Crippen LogP contribution in [0.25, 0.3) is 0 Å². The maximum atomic E-state index is 13.4. The second-order valence-electron chi connectivity index (χ2n) is 8.11. The summed E-state index contributed by atoms with van der Waals surface area (Å²) in [7, 11) is 0. The van der Waals surface area contributed by atoms with E-state index in [1.54, 1.807) is 23.5 Å². The largest absolute Gasteiger partial charge is 0.378 e. The predicted octanol–water partition coefficient (Wildman–Crippen LogP) is 1.57. The summed E-state index contributed by atoms with van der Waals surface area (Å²) >= 11 is 1.56. The minimum Gasteiger partial charge on any atom is -0.378 e. The van der Waals surface area contributed by atoms with Crippen molar-refractivity contribution < 1.29 is 18.7 Å². The molecule has 2 fully saturated rings. The Bertz CT molecular complexity index is 879. The van der Waals surface area contributed by atoms with Crippen LogP contribution >= 0.6 is 11.3 Å². The number of halogens is 1. The third-order valence-corrected chi connectivity index (χ3v) is 6.83. The third-order valence-electron chi connectivity index (χ3n) is 5.89. The third kappa shape index (κ3) is 6.13. The highest BCUT2D eigenvalue weighted by molar-refractivity contribution is 7.10. The van der Waals surface area contributed by atoms with Gasteiger partial charge in [-0.2, -0.15) is 0 Å². The first-order chi connectivity index (χ1) is 15.6. The minimum atomic E-state index is -0.296. The lowest BCUT2D eigenvalue weighted by Gasteiger charge is -2.35. The van der Waals surface area contributed by atoms with E-state index in [1.165, 1.54) is 12.1 Å². The first kappa shape index (κ1) is 22.8. The number of carbonyl (C=O) groups is 2. The highest BCUT2D eigenvalue weighted by Gasteiger charge is 2.25. The molecule has 7 nitrogen and oxygen atoms in total. The normalized spacial score (nSPS) is 19.0. The second kappa shape index (κ2) is 11.0. The Morgan fingerprint density at radius 1 is 0.969 bits per heavy atom. The molecule has 0 spiro atoms. The monoisotopic (exact) mass is 460 g/mol. The zero-order chi connectivity index (χ0) is 22.3. The molecule has 2 aromatic rings. The molecule has 0 unspecified atom stereocenters. The Kier molecular flexibility index (Phi) is 7.85. The standard InChI is InChI=1S/C23H29FN4O3S/c24-19-5-3-18(4-6-19)23(20-2-1-15-32-20)25-21(29)16-26-7-9-27(10-8-26)17-22(30)28-11-13-31-14-12-28/h1-6,15,23H,7-14,16-17H2,(H,25,29)/t23-/m0/s1. The van der Waals surface area contributed by atoms with Crippen molar-refractivity contribution in [3.8, 4) is 0 Å². The quantitative estimate of drug-likeness (QED) is 0.680. The second-order valence-corrected chi connectivity index (χ2v) is 9.09. The molecule has 1 atom stereocenters. The summed E-state index contributed by atoms with van der Waals surface area (Å²) in [5.41, 5.74) is 0.855. The molecule has 1 N–H and O–H groups in total. The van der Waals surface area contributed by atoms with Crippen LogP contribution in [0, 0.1) is 5.82 Å². The number of piperazine rings is 1. The van der Waals surface area contributed by atoms with Gasteiger partial charge in [0.15, 0.2) is 0 Å². The fourth-order valence-electron chi connectivity index (χ4n) is 4.05. The average molecular weight is 461 g/mol. The van der Waals surface area contributed by atoms with E-state index in [9.17, 15) is 14.0 Å². The van der Waals surface area contributed by atoms with Crippen molar-refractivity contribution in [3.63, 3.8) is 0 Å². The van der Waals surface area contributed by atoms with Crippen molar-refractivity contribution in [3.05, 3.63) is 58.0 Å². The molecule has 32 heavy (non-hydrogen) atoms. The summed E-state index contributed by atoms with van der Waals surface area (Å²) in [5, 5.41) is 5.08. The average Bonchev–Trinajstić information content (AvgIpc) is 3.35. The fraction of sp³-hybridized carbons (Fsp3) is 0.478. The first-order valence-corrected chi connectivity index (χ1v) is 11.8. The number of hydrogen-bond donors (Lipinski definition) is 1. The number of thiophene rings is 1. The van der Waals surface area contributed by atoms with E-state index in [1.807, 2.05) is 22.4 Å². The van der Waals surface area contributed by atoms with E-state index in [-0.39, 0.29) is 23.7 Å². The molecule has 172 valence electrons. The summed E-state index contributed by atoms with van der Waals surface area (Å²) in [5.74, 6) is -0.210. The van der Waals surface area contributed by atoms with E-state index >= 15 is 0 Å². The number of morpholine rings is 1. The van der Waals surface area contributed by atoms with Crippen molar-refractivity contribution >= 4 is 23.2 Å². The Morgan fingerprint density at radius 3 is 2.25 bits per heavy atom. The van der Waals surface area contributed by atoms with E-state index < -0.39 is 0 Å². The van der Waals surface area contributed by atoms with Crippen molar-refractivity contribution in [2.45, 2.75) is 6.04 Å². The van der Waals surface area contributed by atoms with E-state index in [0.717, 1.165) is 36.6 Å². The zero-order valence-corrected chi connectivity index (χ0v) is 18.9. The van der Waals surface area contributed by atoms with Crippen LogP contribution in [-0.4, -0.2) is 92.1 Å². The fourth-order valence-corrected chi connectivity index (χ4v) is 4.85. The van der Waals surface area contributed by atoms with Gasteiger partial charge in [0.25, 0.3) is 0 Å². The van der Waals surface area contributed by atoms with Crippen LogP contribution in [-0.2, 0) is 14.3 Å².